The number of aryl methyl sites for hydroxylation is 1. The molecule has 0 unspecified atom stereocenters. The van der Waals surface area contributed by atoms with E-state index in [4.69, 9.17) is 9.47 Å². The molecular weight excluding hydrogens is 472 g/mol. The van der Waals surface area contributed by atoms with Crippen molar-refractivity contribution in [3.63, 3.8) is 0 Å². The molecule has 0 bridgehead atoms. The van der Waals surface area contributed by atoms with Crippen LogP contribution in [0.15, 0.2) is 70.7 Å². The number of methoxy groups -OCH3 is 1. The third-order valence-electron chi connectivity index (χ3n) is 4.56. The van der Waals surface area contributed by atoms with Crippen LogP contribution in [-0.4, -0.2) is 18.1 Å². The second kappa shape index (κ2) is 10.5. The molecule has 2 N–H and O–H groups in total. The summed E-state index contributed by atoms with van der Waals surface area (Å²) >= 11 is 3.49. The molecule has 0 fully saturated rings. The highest BCUT2D eigenvalue weighted by Crippen LogP contribution is 2.37. The molecule has 162 valence electrons. The number of hydrogen-bond acceptors (Lipinski definition) is 5. The van der Waals surface area contributed by atoms with Crippen LogP contribution in [0.4, 0.5) is 5.69 Å². The van der Waals surface area contributed by atoms with Gasteiger partial charge in [-0.05, 0) is 76.5 Å². The SMILES string of the molecule is COc1cc(C=C(C#N)C(=O)Nc2ccc(O)cc2)cc(Br)c1OCc1ccc(C)cc1. The molecule has 0 aliphatic rings. The number of phenols is 1. The first-order valence-electron chi connectivity index (χ1n) is 9.67. The van der Waals surface area contributed by atoms with Crippen molar-refractivity contribution >= 4 is 33.6 Å². The molecule has 0 saturated carbocycles. The first kappa shape index (κ1) is 22.9. The summed E-state index contributed by atoms with van der Waals surface area (Å²) in [4.78, 5) is 12.5. The molecule has 0 aliphatic carbocycles. The minimum absolute atomic E-state index is 0.0830. The molecule has 0 spiro atoms. The van der Waals surface area contributed by atoms with Gasteiger partial charge in [-0.25, -0.2) is 0 Å². The highest BCUT2D eigenvalue weighted by Gasteiger charge is 2.14. The van der Waals surface area contributed by atoms with Crippen LogP contribution in [0.1, 0.15) is 16.7 Å². The Bertz CT molecular complexity index is 1180. The Balaban J connectivity index is 1.80. The molecule has 0 saturated heterocycles. The zero-order valence-electron chi connectivity index (χ0n) is 17.6. The lowest BCUT2D eigenvalue weighted by Crippen LogP contribution is -2.13. The molecule has 0 aliphatic heterocycles. The maximum absolute atomic E-state index is 12.5. The Kier molecular flexibility index (Phi) is 7.53. The average molecular weight is 493 g/mol. The van der Waals surface area contributed by atoms with Crippen molar-refractivity contribution in [2.24, 2.45) is 0 Å². The summed E-state index contributed by atoms with van der Waals surface area (Å²) in [5.41, 5.74) is 3.17. The maximum Gasteiger partial charge on any atom is 0.266 e. The number of phenolic OH excluding ortho intramolecular Hbond substituents is 1. The van der Waals surface area contributed by atoms with E-state index in [9.17, 15) is 15.2 Å². The van der Waals surface area contributed by atoms with Crippen molar-refractivity contribution in [1.29, 1.82) is 5.26 Å². The van der Waals surface area contributed by atoms with Crippen LogP contribution in [-0.2, 0) is 11.4 Å². The average Bonchev–Trinajstić information content (AvgIpc) is 2.79. The molecule has 6 nitrogen and oxygen atoms in total. The van der Waals surface area contributed by atoms with Crippen LogP contribution >= 0.6 is 15.9 Å². The van der Waals surface area contributed by atoms with Crippen LogP contribution in [0.2, 0.25) is 0 Å². The Labute approximate surface area is 194 Å². The summed E-state index contributed by atoms with van der Waals surface area (Å²) in [7, 11) is 1.52. The number of nitriles is 1. The van der Waals surface area contributed by atoms with Gasteiger partial charge in [0.25, 0.3) is 5.91 Å². The number of ether oxygens (including phenoxy) is 2. The predicted molar refractivity (Wildman–Crippen MR) is 127 cm³/mol. The molecule has 0 heterocycles. The molecule has 1 amide bonds. The van der Waals surface area contributed by atoms with E-state index < -0.39 is 5.91 Å². The van der Waals surface area contributed by atoms with Crippen molar-refractivity contribution < 1.29 is 19.4 Å². The number of nitrogens with one attached hydrogen (secondary N) is 1. The lowest BCUT2D eigenvalue weighted by atomic mass is 10.1. The zero-order valence-corrected chi connectivity index (χ0v) is 19.1. The zero-order chi connectivity index (χ0) is 23.1. The summed E-state index contributed by atoms with van der Waals surface area (Å²) < 4.78 is 12.0. The number of carbonyl (C=O) groups excluding carboxylic acids is 1. The molecule has 3 rings (SSSR count). The fourth-order valence-corrected chi connectivity index (χ4v) is 3.44. The largest absolute Gasteiger partial charge is 0.508 e. The molecule has 0 radical (unpaired) electrons. The second-order valence-corrected chi connectivity index (χ2v) is 7.83. The number of hydrogen-bond donors (Lipinski definition) is 2. The van der Waals surface area contributed by atoms with Crippen molar-refractivity contribution in [3.8, 4) is 23.3 Å². The summed E-state index contributed by atoms with van der Waals surface area (Å²) in [6.45, 7) is 2.39. The highest BCUT2D eigenvalue weighted by molar-refractivity contribution is 9.10. The fraction of sp³-hybridized carbons (Fsp3) is 0.120. The van der Waals surface area contributed by atoms with Gasteiger partial charge in [0.15, 0.2) is 11.5 Å². The monoisotopic (exact) mass is 492 g/mol. The van der Waals surface area contributed by atoms with Gasteiger partial charge >= 0.3 is 0 Å². The van der Waals surface area contributed by atoms with Crippen molar-refractivity contribution in [2.75, 3.05) is 12.4 Å². The minimum Gasteiger partial charge on any atom is -0.508 e. The van der Waals surface area contributed by atoms with Crippen LogP contribution in [0, 0.1) is 18.3 Å². The molecule has 0 atom stereocenters. The lowest BCUT2D eigenvalue weighted by molar-refractivity contribution is -0.112. The van der Waals surface area contributed by atoms with E-state index in [1.54, 1.807) is 24.3 Å². The van der Waals surface area contributed by atoms with E-state index >= 15 is 0 Å². The number of rotatable bonds is 7. The number of aromatic hydroxyl groups is 1. The van der Waals surface area contributed by atoms with Crippen molar-refractivity contribution in [2.45, 2.75) is 13.5 Å². The van der Waals surface area contributed by atoms with Crippen molar-refractivity contribution in [3.05, 3.63) is 87.4 Å². The third kappa shape index (κ3) is 5.90. The van der Waals surface area contributed by atoms with Crippen LogP contribution in [0.25, 0.3) is 6.08 Å². The second-order valence-electron chi connectivity index (χ2n) is 6.98. The van der Waals surface area contributed by atoms with E-state index in [2.05, 4.69) is 21.2 Å². The minimum atomic E-state index is -0.562. The van der Waals surface area contributed by atoms with Gasteiger partial charge in [0.1, 0.15) is 24.0 Å². The van der Waals surface area contributed by atoms with Gasteiger partial charge < -0.3 is 19.9 Å². The van der Waals surface area contributed by atoms with Gasteiger partial charge in [-0.3, -0.25) is 4.79 Å². The molecule has 3 aromatic rings. The van der Waals surface area contributed by atoms with E-state index in [1.165, 1.54) is 30.9 Å². The Morgan fingerprint density at radius 1 is 1.16 bits per heavy atom. The number of nitrogens with zero attached hydrogens (tertiary/aromatic N) is 1. The summed E-state index contributed by atoms with van der Waals surface area (Å²) in [6.07, 6.45) is 1.47. The van der Waals surface area contributed by atoms with Crippen molar-refractivity contribution in [1.82, 2.24) is 0 Å². The first-order chi connectivity index (χ1) is 15.4. The van der Waals surface area contributed by atoms with Gasteiger partial charge in [0, 0.05) is 5.69 Å². The quantitative estimate of drug-likeness (QED) is 0.254. The summed E-state index contributed by atoms with van der Waals surface area (Å²) in [5.74, 6) is 0.514. The van der Waals surface area contributed by atoms with E-state index in [1.807, 2.05) is 37.3 Å². The number of benzene rings is 3. The lowest BCUT2D eigenvalue weighted by Gasteiger charge is -2.14. The standard InChI is InChI=1S/C25H21BrN2O4/c1-16-3-5-17(6-4-16)15-32-24-22(26)12-18(13-23(24)31-2)11-19(14-27)25(30)28-20-7-9-21(29)10-8-20/h3-13,29H,15H2,1-2H3,(H,28,30). The molecule has 0 aromatic heterocycles. The summed E-state index contributed by atoms with van der Waals surface area (Å²) in [6, 6.07) is 19.4. The predicted octanol–water partition coefficient (Wildman–Crippen LogP) is 5.60. The fourth-order valence-electron chi connectivity index (χ4n) is 2.86. The highest BCUT2D eigenvalue weighted by atomic mass is 79.9. The Morgan fingerprint density at radius 3 is 2.47 bits per heavy atom. The topological polar surface area (TPSA) is 91.6 Å². The van der Waals surface area contributed by atoms with Gasteiger partial charge in [-0.2, -0.15) is 5.26 Å². The molecule has 32 heavy (non-hydrogen) atoms. The Morgan fingerprint density at radius 2 is 1.84 bits per heavy atom. The van der Waals surface area contributed by atoms with E-state index in [0.717, 1.165) is 5.56 Å². The maximum atomic E-state index is 12.5. The van der Waals surface area contributed by atoms with Gasteiger partial charge in [0.2, 0.25) is 0 Å². The summed E-state index contributed by atoms with van der Waals surface area (Å²) in [5, 5.41) is 21.5. The third-order valence-corrected chi connectivity index (χ3v) is 5.15. The number of carbonyl (C=O) groups is 1. The molecular formula is C25H21BrN2O4. The van der Waals surface area contributed by atoms with Gasteiger partial charge in [0.05, 0.1) is 11.6 Å². The van der Waals surface area contributed by atoms with Gasteiger partial charge in [-0.15, -0.1) is 0 Å². The number of anilines is 1. The van der Waals surface area contributed by atoms with Crippen LogP contribution < -0.4 is 14.8 Å². The number of halogens is 1. The van der Waals surface area contributed by atoms with Gasteiger partial charge in [-0.1, -0.05) is 29.8 Å². The first-order valence-corrected chi connectivity index (χ1v) is 10.5. The smallest absolute Gasteiger partial charge is 0.266 e. The molecule has 3 aromatic carbocycles. The van der Waals surface area contributed by atoms with E-state index in [0.29, 0.717) is 33.8 Å². The molecule has 7 heteroatoms. The van der Waals surface area contributed by atoms with E-state index in [-0.39, 0.29) is 11.3 Å². The number of amides is 1. The van der Waals surface area contributed by atoms with Crippen LogP contribution in [0.3, 0.4) is 0 Å². The normalized spacial score (nSPS) is 10.9. The Hall–Kier alpha value is -3.76. The van der Waals surface area contributed by atoms with Crippen LogP contribution in [0.5, 0.6) is 17.2 Å².